The lowest BCUT2D eigenvalue weighted by Gasteiger charge is -1.97. The molecule has 0 aliphatic rings. The molecule has 0 unspecified atom stereocenters. The summed E-state index contributed by atoms with van der Waals surface area (Å²) in [6, 6.07) is 3.21. The second kappa shape index (κ2) is 3.76. The second-order valence-corrected chi connectivity index (χ2v) is 2.28. The Hall–Kier alpha value is -1.51. The van der Waals surface area contributed by atoms with Crippen molar-refractivity contribution in [1.29, 1.82) is 0 Å². The van der Waals surface area contributed by atoms with Crippen LogP contribution in [0.1, 0.15) is 29.4 Å². The van der Waals surface area contributed by atoms with Gasteiger partial charge in [0.15, 0.2) is 5.78 Å². The molecule has 1 radical (unpaired) electrons. The van der Waals surface area contributed by atoms with E-state index in [-0.39, 0.29) is 11.5 Å². The van der Waals surface area contributed by atoms with E-state index in [1.165, 1.54) is 6.20 Å². The van der Waals surface area contributed by atoms with Gasteiger partial charge in [0.05, 0.1) is 0 Å². The van der Waals surface area contributed by atoms with Gasteiger partial charge in [-0.3, -0.25) is 14.6 Å². The lowest BCUT2D eigenvalue weighted by molar-refractivity contribution is 0.0987. The van der Waals surface area contributed by atoms with E-state index in [1.807, 2.05) is 0 Å². The predicted molar refractivity (Wildman–Crippen MR) is 43.7 cm³/mol. The maximum absolute atomic E-state index is 11.2. The number of pyridine rings is 1. The highest BCUT2D eigenvalue weighted by Crippen LogP contribution is 2.05. The third kappa shape index (κ3) is 1.56. The molecule has 0 atom stereocenters. The van der Waals surface area contributed by atoms with Crippen molar-refractivity contribution >= 4 is 12.1 Å². The Morgan fingerprint density at radius 3 is 3.00 bits per heavy atom. The number of Topliss-reactive ketones (excluding diaryl/α,β-unsaturated/α-hetero) is 1. The number of carbonyl (C=O) groups is 1. The summed E-state index contributed by atoms with van der Waals surface area (Å²) in [7, 11) is 0. The summed E-state index contributed by atoms with van der Waals surface area (Å²) in [6.07, 6.45) is 3.47. The number of nitrogens with zero attached hydrogens (tertiary/aromatic N) is 1. The topological polar surface area (TPSA) is 47.0 Å². The van der Waals surface area contributed by atoms with Crippen molar-refractivity contribution in [3.05, 3.63) is 29.6 Å². The van der Waals surface area contributed by atoms with Crippen LogP contribution in [0.3, 0.4) is 0 Å². The minimum absolute atomic E-state index is 0.0820. The fraction of sp³-hybridized carbons (Fsp3) is 0.222. The molecule has 3 nitrogen and oxygen atoms in total. The largest absolute Gasteiger partial charge is 0.294 e. The van der Waals surface area contributed by atoms with Crippen LogP contribution < -0.4 is 0 Å². The molecular formula is C9H8NO2. The summed E-state index contributed by atoms with van der Waals surface area (Å²) in [6.45, 7) is 1.74. The average Bonchev–Trinajstić information content (AvgIpc) is 2.16. The van der Waals surface area contributed by atoms with Crippen molar-refractivity contribution in [2.45, 2.75) is 13.3 Å². The highest BCUT2D eigenvalue weighted by molar-refractivity contribution is 6.01. The Labute approximate surface area is 70.4 Å². The number of aromatic nitrogens is 1. The first-order valence-corrected chi connectivity index (χ1v) is 3.66. The van der Waals surface area contributed by atoms with Gasteiger partial charge in [0.2, 0.25) is 0 Å². The smallest absolute Gasteiger partial charge is 0.254 e. The monoisotopic (exact) mass is 162 g/mol. The number of rotatable bonds is 3. The third-order valence-electron chi connectivity index (χ3n) is 1.53. The molecule has 61 valence electrons. The third-order valence-corrected chi connectivity index (χ3v) is 1.53. The van der Waals surface area contributed by atoms with E-state index in [9.17, 15) is 9.59 Å². The van der Waals surface area contributed by atoms with Crippen LogP contribution in [0.25, 0.3) is 0 Å². The van der Waals surface area contributed by atoms with Gasteiger partial charge in [0.1, 0.15) is 5.69 Å². The Kier molecular flexibility index (Phi) is 2.69. The summed E-state index contributed by atoms with van der Waals surface area (Å²) in [5, 5.41) is 0. The fourth-order valence-electron chi connectivity index (χ4n) is 0.902. The fourth-order valence-corrected chi connectivity index (χ4v) is 0.902. The van der Waals surface area contributed by atoms with Gasteiger partial charge in [0, 0.05) is 18.2 Å². The minimum Gasteiger partial charge on any atom is -0.294 e. The highest BCUT2D eigenvalue weighted by Gasteiger charge is 2.08. The number of ketones is 1. The maximum atomic E-state index is 11.2. The summed E-state index contributed by atoms with van der Waals surface area (Å²) in [5.74, 6) is -0.0820. The van der Waals surface area contributed by atoms with Gasteiger partial charge in [-0.25, -0.2) is 0 Å². The second-order valence-electron chi connectivity index (χ2n) is 2.28. The minimum atomic E-state index is -0.0820. The standard InChI is InChI=1S/C9H8NO2/c1-2-9(12)7-4-3-5-10-8(7)6-11/h3-5H,2H2,1H3. The molecule has 1 rings (SSSR count). The van der Waals surface area contributed by atoms with Gasteiger partial charge >= 0.3 is 0 Å². The number of hydrogen-bond donors (Lipinski definition) is 0. The number of hydrogen-bond acceptors (Lipinski definition) is 3. The maximum Gasteiger partial charge on any atom is 0.254 e. The van der Waals surface area contributed by atoms with Crippen molar-refractivity contribution in [2.24, 2.45) is 0 Å². The lowest BCUT2D eigenvalue weighted by atomic mass is 10.1. The van der Waals surface area contributed by atoms with E-state index < -0.39 is 0 Å². The van der Waals surface area contributed by atoms with Gasteiger partial charge in [-0.2, -0.15) is 0 Å². The quantitative estimate of drug-likeness (QED) is 0.626. The van der Waals surface area contributed by atoms with E-state index in [1.54, 1.807) is 25.3 Å². The molecule has 1 heterocycles. The van der Waals surface area contributed by atoms with Gasteiger partial charge in [0.25, 0.3) is 6.29 Å². The normalized spacial score (nSPS) is 9.42. The zero-order chi connectivity index (χ0) is 8.97. The van der Waals surface area contributed by atoms with Crippen LogP contribution in [0.2, 0.25) is 0 Å². The van der Waals surface area contributed by atoms with E-state index in [0.717, 1.165) is 0 Å². The van der Waals surface area contributed by atoms with Crippen LogP contribution >= 0.6 is 0 Å². The van der Waals surface area contributed by atoms with Crippen molar-refractivity contribution in [1.82, 2.24) is 4.98 Å². The molecule has 0 amide bonds. The van der Waals surface area contributed by atoms with Gasteiger partial charge < -0.3 is 0 Å². The van der Waals surface area contributed by atoms with Crippen molar-refractivity contribution in [3.63, 3.8) is 0 Å². The SMILES string of the molecule is CCC(=O)c1cccnc1[C]=O. The van der Waals surface area contributed by atoms with Gasteiger partial charge in [-0.05, 0) is 12.1 Å². The van der Waals surface area contributed by atoms with E-state index >= 15 is 0 Å². The van der Waals surface area contributed by atoms with E-state index in [0.29, 0.717) is 12.0 Å². The molecule has 0 fully saturated rings. The van der Waals surface area contributed by atoms with Crippen LogP contribution in [-0.2, 0) is 4.79 Å². The van der Waals surface area contributed by atoms with E-state index in [2.05, 4.69) is 4.98 Å². The molecule has 0 saturated heterocycles. The molecule has 0 saturated carbocycles. The van der Waals surface area contributed by atoms with Crippen LogP contribution in [0.4, 0.5) is 0 Å². The Bertz CT molecular complexity index is 307. The molecule has 0 N–H and O–H groups in total. The van der Waals surface area contributed by atoms with E-state index in [4.69, 9.17) is 0 Å². The molecule has 0 bridgehead atoms. The first kappa shape index (κ1) is 8.59. The lowest BCUT2D eigenvalue weighted by Crippen LogP contribution is -2.03. The van der Waals surface area contributed by atoms with Crippen molar-refractivity contribution in [3.8, 4) is 0 Å². The summed E-state index contributed by atoms with van der Waals surface area (Å²) >= 11 is 0. The van der Waals surface area contributed by atoms with Crippen LogP contribution in [0.5, 0.6) is 0 Å². The van der Waals surface area contributed by atoms with Crippen LogP contribution in [-0.4, -0.2) is 17.1 Å². The predicted octanol–water partition coefficient (Wildman–Crippen LogP) is 1.13. The molecule has 3 heteroatoms. The molecule has 1 aromatic heterocycles. The summed E-state index contributed by atoms with van der Waals surface area (Å²) in [4.78, 5) is 25.2. The molecule has 1 aromatic rings. The summed E-state index contributed by atoms with van der Waals surface area (Å²) < 4.78 is 0. The molecular weight excluding hydrogens is 154 g/mol. The first-order valence-electron chi connectivity index (χ1n) is 3.66. The molecule has 0 aliphatic carbocycles. The van der Waals surface area contributed by atoms with Gasteiger partial charge in [-0.15, -0.1) is 0 Å². The Morgan fingerprint density at radius 2 is 2.42 bits per heavy atom. The Morgan fingerprint density at radius 1 is 1.67 bits per heavy atom. The summed E-state index contributed by atoms with van der Waals surface area (Å²) in [5.41, 5.74) is 0.458. The first-order chi connectivity index (χ1) is 5.79. The number of carbonyl (C=O) groups excluding carboxylic acids is 2. The molecule has 12 heavy (non-hydrogen) atoms. The van der Waals surface area contributed by atoms with Crippen molar-refractivity contribution in [2.75, 3.05) is 0 Å². The highest BCUT2D eigenvalue weighted by atomic mass is 16.1. The average molecular weight is 162 g/mol. The Balaban J connectivity index is 3.13. The van der Waals surface area contributed by atoms with Crippen LogP contribution in [0.15, 0.2) is 18.3 Å². The van der Waals surface area contributed by atoms with Gasteiger partial charge in [-0.1, -0.05) is 6.92 Å². The zero-order valence-electron chi connectivity index (χ0n) is 6.70. The van der Waals surface area contributed by atoms with Crippen molar-refractivity contribution < 1.29 is 9.59 Å². The molecule has 0 aliphatic heterocycles. The molecule has 0 spiro atoms. The zero-order valence-corrected chi connectivity index (χ0v) is 6.70. The van der Waals surface area contributed by atoms with Crippen LogP contribution in [0, 0.1) is 0 Å². The molecule has 0 aromatic carbocycles.